The Kier molecular flexibility index (Phi) is 5.52. The van der Waals surface area contributed by atoms with Crippen LogP contribution in [-0.4, -0.2) is 24.7 Å². The fourth-order valence-electron chi connectivity index (χ4n) is 3.66. The highest BCUT2D eigenvalue weighted by Crippen LogP contribution is 2.38. The minimum Gasteiger partial charge on any atom is -0.353 e. The number of alkyl halides is 3. The molecule has 6 heteroatoms. The summed E-state index contributed by atoms with van der Waals surface area (Å²) < 4.78 is 39.0. The van der Waals surface area contributed by atoms with Crippen LogP contribution < -0.4 is 11.1 Å². The first-order valence-electron chi connectivity index (χ1n) is 7.99. The third-order valence-corrected chi connectivity index (χ3v) is 5.06. The molecule has 2 saturated carbocycles. The van der Waals surface area contributed by atoms with Crippen molar-refractivity contribution in [1.29, 1.82) is 0 Å². The molecule has 2 aliphatic carbocycles. The number of nitrogens with one attached hydrogen (secondary N) is 1. The van der Waals surface area contributed by atoms with Crippen LogP contribution in [0.1, 0.15) is 51.4 Å². The number of rotatable bonds is 3. The van der Waals surface area contributed by atoms with Gasteiger partial charge in [-0.15, -0.1) is 0 Å². The van der Waals surface area contributed by atoms with Gasteiger partial charge in [0.1, 0.15) is 0 Å². The normalized spacial score (nSPS) is 34.5. The van der Waals surface area contributed by atoms with E-state index in [0.717, 1.165) is 32.1 Å². The maximum atomic E-state index is 13.0. The SMILES string of the molecule is NCC1CCC(C(=O)NC2CCCCC2C(F)(F)F)CC1. The highest BCUT2D eigenvalue weighted by molar-refractivity contribution is 5.79. The van der Waals surface area contributed by atoms with Crippen molar-refractivity contribution in [3.63, 3.8) is 0 Å². The lowest BCUT2D eigenvalue weighted by Gasteiger charge is -2.35. The Balaban J connectivity index is 1.89. The first-order valence-corrected chi connectivity index (χ1v) is 7.99. The van der Waals surface area contributed by atoms with Gasteiger partial charge < -0.3 is 11.1 Å². The Labute approximate surface area is 123 Å². The Morgan fingerprint density at radius 2 is 1.67 bits per heavy atom. The van der Waals surface area contributed by atoms with Gasteiger partial charge in [-0.1, -0.05) is 12.8 Å². The molecule has 2 unspecified atom stereocenters. The summed E-state index contributed by atoms with van der Waals surface area (Å²) in [5, 5.41) is 2.69. The number of hydrogen-bond acceptors (Lipinski definition) is 2. The number of carbonyl (C=O) groups is 1. The van der Waals surface area contributed by atoms with Crippen LogP contribution in [0.15, 0.2) is 0 Å². The van der Waals surface area contributed by atoms with E-state index in [0.29, 0.717) is 25.3 Å². The zero-order valence-corrected chi connectivity index (χ0v) is 12.3. The summed E-state index contributed by atoms with van der Waals surface area (Å²) in [7, 11) is 0. The van der Waals surface area contributed by atoms with Crippen molar-refractivity contribution >= 4 is 5.91 Å². The molecular formula is C15H25F3N2O. The Morgan fingerprint density at radius 3 is 2.24 bits per heavy atom. The lowest BCUT2D eigenvalue weighted by atomic mass is 9.80. The van der Waals surface area contributed by atoms with Crippen molar-refractivity contribution in [3.8, 4) is 0 Å². The van der Waals surface area contributed by atoms with Crippen LogP contribution in [0.3, 0.4) is 0 Å². The fourth-order valence-corrected chi connectivity index (χ4v) is 3.66. The summed E-state index contributed by atoms with van der Waals surface area (Å²) in [6.07, 6.45) is 1.02. The molecule has 0 aliphatic heterocycles. The first-order chi connectivity index (χ1) is 9.91. The molecule has 21 heavy (non-hydrogen) atoms. The minimum atomic E-state index is -4.21. The number of amides is 1. The highest BCUT2D eigenvalue weighted by atomic mass is 19.4. The van der Waals surface area contributed by atoms with Gasteiger partial charge in [0.25, 0.3) is 0 Å². The maximum Gasteiger partial charge on any atom is 0.393 e. The van der Waals surface area contributed by atoms with Crippen molar-refractivity contribution in [3.05, 3.63) is 0 Å². The molecule has 0 spiro atoms. The zero-order valence-electron chi connectivity index (χ0n) is 12.3. The van der Waals surface area contributed by atoms with Crippen LogP contribution in [0, 0.1) is 17.8 Å². The molecule has 1 amide bonds. The molecule has 3 nitrogen and oxygen atoms in total. The molecule has 0 saturated heterocycles. The molecule has 0 bridgehead atoms. The predicted octanol–water partition coefficient (Wildman–Crippen LogP) is 2.99. The summed E-state index contributed by atoms with van der Waals surface area (Å²) in [5.41, 5.74) is 5.61. The summed E-state index contributed by atoms with van der Waals surface area (Å²) >= 11 is 0. The van der Waals surface area contributed by atoms with E-state index in [-0.39, 0.29) is 18.2 Å². The van der Waals surface area contributed by atoms with Gasteiger partial charge >= 0.3 is 6.18 Å². The van der Waals surface area contributed by atoms with Gasteiger partial charge in [0.05, 0.1) is 5.92 Å². The topological polar surface area (TPSA) is 55.1 Å². The average molecular weight is 306 g/mol. The second kappa shape index (κ2) is 6.99. The van der Waals surface area contributed by atoms with E-state index in [9.17, 15) is 18.0 Å². The zero-order chi connectivity index (χ0) is 15.5. The van der Waals surface area contributed by atoms with Gasteiger partial charge in [-0.25, -0.2) is 0 Å². The van der Waals surface area contributed by atoms with Gasteiger partial charge in [0.15, 0.2) is 0 Å². The Hall–Kier alpha value is -0.780. The van der Waals surface area contributed by atoms with Crippen molar-refractivity contribution in [2.75, 3.05) is 6.54 Å². The molecule has 3 N–H and O–H groups in total. The van der Waals surface area contributed by atoms with Gasteiger partial charge in [-0.3, -0.25) is 4.79 Å². The van der Waals surface area contributed by atoms with Gasteiger partial charge in [-0.05, 0) is 51.0 Å². The molecular weight excluding hydrogens is 281 g/mol. The van der Waals surface area contributed by atoms with Crippen molar-refractivity contribution in [2.45, 2.75) is 63.6 Å². The van der Waals surface area contributed by atoms with E-state index in [4.69, 9.17) is 5.73 Å². The third kappa shape index (κ3) is 4.34. The largest absolute Gasteiger partial charge is 0.393 e. The quantitative estimate of drug-likeness (QED) is 0.842. The standard InChI is InChI=1S/C15H25F3N2O/c16-15(17,18)12-3-1-2-4-13(12)20-14(21)11-7-5-10(9-19)6-8-11/h10-13H,1-9,19H2,(H,20,21). The third-order valence-electron chi connectivity index (χ3n) is 5.06. The predicted molar refractivity (Wildman–Crippen MR) is 74.4 cm³/mol. The number of hydrogen-bond donors (Lipinski definition) is 2. The molecule has 0 aromatic rings. The summed E-state index contributed by atoms with van der Waals surface area (Å²) in [5.74, 6) is -1.24. The first kappa shape index (κ1) is 16.6. The van der Waals surface area contributed by atoms with E-state index in [1.807, 2.05) is 0 Å². The minimum absolute atomic E-state index is 0.133. The van der Waals surface area contributed by atoms with E-state index < -0.39 is 18.1 Å². The number of carbonyl (C=O) groups excluding carboxylic acids is 1. The molecule has 0 radical (unpaired) electrons. The maximum absolute atomic E-state index is 13.0. The molecule has 0 heterocycles. The molecule has 2 fully saturated rings. The van der Waals surface area contributed by atoms with Crippen LogP contribution >= 0.6 is 0 Å². The summed E-state index contributed by atoms with van der Waals surface area (Å²) in [4.78, 5) is 12.2. The van der Waals surface area contributed by atoms with E-state index in [1.165, 1.54) is 0 Å². The monoisotopic (exact) mass is 306 g/mol. The summed E-state index contributed by atoms with van der Waals surface area (Å²) in [6, 6.07) is -0.738. The smallest absolute Gasteiger partial charge is 0.353 e. The van der Waals surface area contributed by atoms with Crippen LogP contribution in [-0.2, 0) is 4.79 Å². The van der Waals surface area contributed by atoms with Crippen LogP contribution in [0.5, 0.6) is 0 Å². The Morgan fingerprint density at radius 1 is 1.05 bits per heavy atom. The van der Waals surface area contributed by atoms with E-state index in [1.54, 1.807) is 0 Å². The molecule has 2 atom stereocenters. The Bertz CT molecular complexity index is 351. The molecule has 2 aliphatic rings. The molecule has 0 aromatic heterocycles. The van der Waals surface area contributed by atoms with Crippen LogP contribution in [0.25, 0.3) is 0 Å². The van der Waals surface area contributed by atoms with Crippen molar-refractivity contribution in [2.24, 2.45) is 23.5 Å². The molecule has 2 rings (SSSR count). The molecule has 122 valence electrons. The van der Waals surface area contributed by atoms with Gasteiger partial charge in [0, 0.05) is 12.0 Å². The molecule has 0 aromatic carbocycles. The van der Waals surface area contributed by atoms with E-state index >= 15 is 0 Å². The average Bonchev–Trinajstić information content (AvgIpc) is 2.47. The van der Waals surface area contributed by atoms with Crippen molar-refractivity contribution < 1.29 is 18.0 Å². The van der Waals surface area contributed by atoms with Crippen LogP contribution in [0.4, 0.5) is 13.2 Å². The van der Waals surface area contributed by atoms with Crippen molar-refractivity contribution in [1.82, 2.24) is 5.32 Å². The second-order valence-corrected chi connectivity index (χ2v) is 6.50. The summed E-state index contributed by atoms with van der Waals surface area (Å²) in [6.45, 7) is 0.632. The van der Waals surface area contributed by atoms with E-state index in [2.05, 4.69) is 5.32 Å². The fraction of sp³-hybridized carbons (Fsp3) is 0.933. The van der Waals surface area contributed by atoms with Gasteiger partial charge in [-0.2, -0.15) is 13.2 Å². The highest BCUT2D eigenvalue weighted by Gasteiger charge is 2.46. The van der Waals surface area contributed by atoms with Crippen LogP contribution in [0.2, 0.25) is 0 Å². The van der Waals surface area contributed by atoms with Gasteiger partial charge in [0.2, 0.25) is 5.91 Å². The second-order valence-electron chi connectivity index (χ2n) is 6.50. The number of halogens is 3. The lowest BCUT2D eigenvalue weighted by molar-refractivity contribution is -0.189. The number of nitrogens with two attached hydrogens (primary N) is 1. The lowest BCUT2D eigenvalue weighted by Crippen LogP contribution is -2.49.